The van der Waals surface area contributed by atoms with E-state index in [1.54, 1.807) is 0 Å². The summed E-state index contributed by atoms with van der Waals surface area (Å²) in [5.74, 6) is 4.44. The van der Waals surface area contributed by atoms with Crippen molar-refractivity contribution >= 4 is 0 Å². The monoisotopic (exact) mass is 759 g/mol. The Labute approximate surface area is 343 Å². The minimum absolute atomic E-state index is 0.153. The second-order valence-corrected chi connectivity index (χ2v) is 15.6. The summed E-state index contributed by atoms with van der Waals surface area (Å²) < 4.78 is 13.6. The summed E-state index contributed by atoms with van der Waals surface area (Å²) in [7, 11) is 0. The molecule has 1 aliphatic heterocycles. The Morgan fingerprint density at radius 1 is 0.322 bits per heavy atom. The molecule has 280 valence electrons. The van der Waals surface area contributed by atoms with Crippen LogP contribution in [-0.2, 0) is 5.41 Å². The molecule has 0 amide bonds. The van der Waals surface area contributed by atoms with Crippen LogP contribution in [0.1, 0.15) is 25.0 Å². The zero-order chi connectivity index (χ0) is 39.5. The summed E-state index contributed by atoms with van der Waals surface area (Å²) in [5.41, 5.74) is 13.7. The Bertz CT molecular complexity index is 2980. The second-order valence-electron chi connectivity index (χ2n) is 15.6. The molecule has 8 aromatic carbocycles. The van der Waals surface area contributed by atoms with E-state index >= 15 is 0 Å². The molecule has 0 radical (unpaired) electrons. The maximum atomic E-state index is 6.88. The lowest BCUT2D eigenvalue weighted by Crippen LogP contribution is -2.15. The quantitative estimate of drug-likeness (QED) is 0.169. The minimum Gasteiger partial charge on any atom is -0.449 e. The Morgan fingerprint density at radius 3 is 1.47 bits per heavy atom. The third-order valence-electron chi connectivity index (χ3n) is 11.6. The van der Waals surface area contributed by atoms with Crippen molar-refractivity contribution in [3.05, 3.63) is 199 Å². The predicted molar refractivity (Wildman–Crippen MR) is 237 cm³/mol. The average Bonchev–Trinajstić information content (AvgIpc) is 3.52. The fraction of sp³-hybridized carbons (Fsp3) is 0.0556. The lowest BCUT2D eigenvalue weighted by molar-refractivity contribution is 0.360. The highest BCUT2D eigenvalue weighted by atomic mass is 16.6. The van der Waals surface area contributed by atoms with Gasteiger partial charge in [-0.15, -0.1) is 0 Å². The van der Waals surface area contributed by atoms with E-state index in [2.05, 4.69) is 166 Å². The molecule has 59 heavy (non-hydrogen) atoms. The third kappa shape index (κ3) is 5.98. The maximum Gasteiger partial charge on any atom is 0.177 e. The second kappa shape index (κ2) is 13.8. The van der Waals surface area contributed by atoms with Crippen LogP contribution >= 0.6 is 0 Å². The van der Waals surface area contributed by atoms with Crippen LogP contribution in [0, 0.1) is 0 Å². The summed E-state index contributed by atoms with van der Waals surface area (Å²) in [6.45, 7) is 4.55. The fourth-order valence-corrected chi connectivity index (χ4v) is 8.61. The molecule has 1 aliphatic carbocycles. The molecule has 0 fully saturated rings. The Kier molecular flexibility index (Phi) is 8.09. The molecule has 0 atom stereocenters. The van der Waals surface area contributed by atoms with Gasteiger partial charge in [0, 0.05) is 27.7 Å². The van der Waals surface area contributed by atoms with Gasteiger partial charge in [0.05, 0.1) is 0 Å². The van der Waals surface area contributed by atoms with Crippen molar-refractivity contribution in [3.8, 4) is 102 Å². The SMILES string of the molecule is CC1(C)c2ccccc2-c2cc3c(cc21)Oc1cccc(-c2ccccc2-c2nc(-c4cccc(-c5ccccc5)c4)nc(-c4cccc(-c5ccccc5)c4)n2)c1O3. The highest BCUT2D eigenvalue weighted by molar-refractivity contribution is 5.88. The van der Waals surface area contributed by atoms with Crippen LogP contribution < -0.4 is 9.47 Å². The number of benzene rings is 8. The molecule has 11 rings (SSSR count). The first kappa shape index (κ1) is 34.6. The van der Waals surface area contributed by atoms with Crippen LogP contribution in [0.25, 0.3) is 78.7 Å². The third-order valence-corrected chi connectivity index (χ3v) is 11.6. The van der Waals surface area contributed by atoms with Crippen LogP contribution in [0.15, 0.2) is 188 Å². The first-order chi connectivity index (χ1) is 29.0. The van der Waals surface area contributed by atoms with E-state index in [1.165, 1.54) is 22.3 Å². The van der Waals surface area contributed by atoms with Gasteiger partial charge in [0.2, 0.25) is 0 Å². The molecule has 0 spiro atoms. The predicted octanol–water partition coefficient (Wildman–Crippen LogP) is 14.1. The Balaban J connectivity index is 1.05. The van der Waals surface area contributed by atoms with E-state index in [1.807, 2.05) is 36.4 Å². The van der Waals surface area contributed by atoms with Crippen molar-refractivity contribution < 1.29 is 9.47 Å². The minimum atomic E-state index is -0.153. The topological polar surface area (TPSA) is 57.1 Å². The largest absolute Gasteiger partial charge is 0.449 e. The van der Waals surface area contributed by atoms with Gasteiger partial charge in [-0.3, -0.25) is 0 Å². The molecule has 0 bridgehead atoms. The van der Waals surface area contributed by atoms with E-state index in [-0.39, 0.29) is 5.41 Å². The average molecular weight is 760 g/mol. The van der Waals surface area contributed by atoms with Crippen LogP contribution in [-0.4, -0.2) is 15.0 Å². The molecule has 2 heterocycles. The number of para-hydroxylation sites is 1. The lowest BCUT2D eigenvalue weighted by Gasteiger charge is -2.26. The first-order valence-electron chi connectivity index (χ1n) is 19.9. The van der Waals surface area contributed by atoms with Crippen LogP contribution in [0.4, 0.5) is 0 Å². The van der Waals surface area contributed by atoms with Gasteiger partial charge in [-0.05, 0) is 80.4 Å². The van der Waals surface area contributed by atoms with Crippen molar-refractivity contribution in [2.75, 3.05) is 0 Å². The highest BCUT2D eigenvalue weighted by Gasteiger charge is 2.37. The van der Waals surface area contributed by atoms with Gasteiger partial charge in [0.25, 0.3) is 0 Å². The molecule has 0 saturated heterocycles. The van der Waals surface area contributed by atoms with Crippen LogP contribution in [0.2, 0.25) is 0 Å². The number of hydrogen-bond donors (Lipinski definition) is 0. The van der Waals surface area contributed by atoms with Crippen molar-refractivity contribution in [3.63, 3.8) is 0 Å². The standard InChI is InChI=1S/C54H37N3O2/c1-54(2)45-28-12-11-25-41(45)44-32-48-49(33-46(44)54)58-47-29-15-27-42(50(47)59-48)40-24-9-10-26-43(40)53-56-51(38-22-13-20-36(30-38)34-16-5-3-6-17-34)55-52(57-53)39-23-14-21-37(31-39)35-18-7-4-8-19-35/h3-33H,1-2H3. The van der Waals surface area contributed by atoms with Crippen LogP contribution in [0.3, 0.4) is 0 Å². The van der Waals surface area contributed by atoms with Gasteiger partial charge in [0.15, 0.2) is 40.5 Å². The first-order valence-corrected chi connectivity index (χ1v) is 19.9. The molecular weight excluding hydrogens is 723 g/mol. The van der Waals surface area contributed by atoms with Crippen molar-refractivity contribution in [1.29, 1.82) is 0 Å². The summed E-state index contributed by atoms with van der Waals surface area (Å²) in [6.07, 6.45) is 0. The number of hydrogen-bond acceptors (Lipinski definition) is 5. The van der Waals surface area contributed by atoms with E-state index in [4.69, 9.17) is 24.4 Å². The smallest absolute Gasteiger partial charge is 0.177 e. The number of aromatic nitrogens is 3. The number of fused-ring (bicyclic) bond motifs is 5. The van der Waals surface area contributed by atoms with E-state index in [0.717, 1.165) is 50.1 Å². The number of rotatable bonds is 6. The van der Waals surface area contributed by atoms with Crippen molar-refractivity contribution in [2.45, 2.75) is 19.3 Å². The van der Waals surface area contributed by atoms with E-state index in [0.29, 0.717) is 40.5 Å². The Morgan fingerprint density at radius 2 is 0.814 bits per heavy atom. The van der Waals surface area contributed by atoms with Gasteiger partial charge >= 0.3 is 0 Å². The summed E-state index contributed by atoms with van der Waals surface area (Å²) >= 11 is 0. The molecule has 0 N–H and O–H groups in total. The fourth-order valence-electron chi connectivity index (χ4n) is 8.61. The zero-order valence-electron chi connectivity index (χ0n) is 32.6. The molecule has 2 aliphatic rings. The molecule has 1 aromatic heterocycles. The lowest BCUT2D eigenvalue weighted by atomic mass is 9.82. The van der Waals surface area contributed by atoms with Crippen LogP contribution in [0.5, 0.6) is 23.0 Å². The molecular formula is C54H37N3O2. The van der Waals surface area contributed by atoms with Gasteiger partial charge in [-0.25, -0.2) is 15.0 Å². The summed E-state index contributed by atoms with van der Waals surface area (Å²) in [5, 5.41) is 0. The van der Waals surface area contributed by atoms with Gasteiger partial charge in [-0.2, -0.15) is 0 Å². The molecule has 5 nitrogen and oxygen atoms in total. The normalized spacial score (nSPS) is 13.0. The maximum absolute atomic E-state index is 6.88. The van der Waals surface area contributed by atoms with E-state index in [9.17, 15) is 0 Å². The van der Waals surface area contributed by atoms with Crippen molar-refractivity contribution in [1.82, 2.24) is 15.0 Å². The summed E-state index contributed by atoms with van der Waals surface area (Å²) in [4.78, 5) is 15.6. The zero-order valence-corrected chi connectivity index (χ0v) is 32.6. The molecule has 0 saturated carbocycles. The number of nitrogens with zero attached hydrogens (tertiary/aromatic N) is 3. The highest BCUT2D eigenvalue weighted by Crippen LogP contribution is 2.56. The van der Waals surface area contributed by atoms with Crippen molar-refractivity contribution in [2.24, 2.45) is 0 Å². The van der Waals surface area contributed by atoms with Gasteiger partial charge in [-0.1, -0.05) is 172 Å². The molecule has 0 unspecified atom stereocenters. The van der Waals surface area contributed by atoms with Gasteiger partial charge in [0.1, 0.15) is 0 Å². The number of ether oxygens (including phenoxy) is 2. The van der Waals surface area contributed by atoms with Gasteiger partial charge < -0.3 is 9.47 Å². The molecule has 9 aromatic rings. The molecule has 5 heteroatoms. The summed E-state index contributed by atoms with van der Waals surface area (Å²) in [6, 6.07) is 64.8. The Hall–Kier alpha value is -7.63. The van der Waals surface area contributed by atoms with E-state index < -0.39 is 0 Å².